The van der Waals surface area contributed by atoms with Crippen LogP contribution in [-0.4, -0.2) is 19.7 Å². The molecule has 0 saturated heterocycles. The molecule has 0 bridgehead atoms. The standard InChI is InChI=1S/C7H7IN4/c1-2-12-4-9-6-5(8)3-10-11-7(6)12/h3-4H,2H2,1H3. The van der Waals surface area contributed by atoms with Crippen LogP contribution in [0.15, 0.2) is 12.5 Å². The molecule has 2 aromatic heterocycles. The zero-order chi connectivity index (χ0) is 8.55. The lowest BCUT2D eigenvalue weighted by molar-refractivity contribution is 0.770. The first-order chi connectivity index (χ1) is 5.83. The summed E-state index contributed by atoms with van der Waals surface area (Å²) in [5, 5.41) is 7.89. The molecule has 0 atom stereocenters. The summed E-state index contributed by atoms with van der Waals surface area (Å²) in [5.41, 5.74) is 1.80. The Labute approximate surface area is 83.2 Å². The molecule has 0 aromatic carbocycles. The molecule has 2 heterocycles. The Hall–Kier alpha value is -0.720. The van der Waals surface area contributed by atoms with Crippen LogP contribution in [0.4, 0.5) is 0 Å². The number of hydrogen-bond donors (Lipinski definition) is 0. The van der Waals surface area contributed by atoms with Crippen LogP contribution in [0.1, 0.15) is 6.92 Å². The van der Waals surface area contributed by atoms with E-state index in [1.54, 1.807) is 12.5 Å². The third-order valence-corrected chi connectivity index (χ3v) is 2.49. The van der Waals surface area contributed by atoms with Crippen LogP contribution in [0.3, 0.4) is 0 Å². The van der Waals surface area contributed by atoms with Crippen LogP contribution in [0.5, 0.6) is 0 Å². The minimum absolute atomic E-state index is 0.865. The fraction of sp³-hybridized carbons (Fsp3) is 0.286. The van der Waals surface area contributed by atoms with Gasteiger partial charge in [0.25, 0.3) is 0 Å². The van der Waals surface area contributed by atoms with E-state index in [1.807, 2.05) is 4.57 Å². The Bertz CT molecular complexity index is 409. The number of aryl methyl sites for hydroxylation is 1. The Morgan fingerprint density at radius 2 is 2.42 bits per heavy atom. The number of imidazole rings is 1. The molecule has 0 saturated carbocycles. The molecule has 0 fully saturated rings. The Balaban J connectivity index is 2.80. The van der Waals surface area contributed by atoms with Crippen LogP contribution in [0.2, 0.25) is 0 Å². The summed E-state index contributed by atoms with van der Waals surface area (Å²) in [6.45, 7) is 2.94. The van der Waals surface area contributed by atoms with E-state index in [-0.39, 0.29) is 0 Å². The third kappa shape index (κ3) is 1.08. The van der Waals surface area contributed by atoms with Gasteiger partial charge in [-0.2, -0.15) is 5.10 Å². The minimum atomic E-state index is 0.865. The number of nitrogens with zero attached hydrogens (tertiary/aromatic N) is 4. The van der Waals surface area contributed by atoms with Crippen LogP contribution in [0.25, 0.3) is 11.2 Å². The molecule has 4 nitrogen and oxygen atoms in total. The largest absolute Gasteiger partial charge is 0.314 e. The first kappa shape index (κ1) is 7.90. The highest BCUT2D eigenvalue weighted by molar-refractivity contribution is 14.1. The zero-order valence-corrected chi connectivity index (χ0v) is 8.69. The monoisotopic (exact) mass is 274 g/mol. The Kier molecular flexibility index (Phi) is 1.95. The summed E-state index contributed by atoms with van der Waals surface area (Å²) in [4.78, 5) is 4.24. The molecule has 0 aliphatic carbocycles. The van der Waals surface area contributed by atoms with Crippen molar-refractivity contribution in [1.29, 1.82) is 0 Å². The SMILES string of the molecule is CCn1cnc2c(I)cnnc21. The third-order valence-electron chi connectivity index (χ3n) is 1.70. The molecule has 5 heteroatoms. The number of hydrogen-bond acceptors (Lipinski definition) is 3. The van der Waals surface area contributed by atoms with E-state index in [0.717, 1.165) is 21.3 Å². The van der Waals surface area contributed by atoms with Crippen LogP contribution in [0, 0.1) is 3.57 Å². The first-order valence-corrected chi connectivity index (χ1v) is 4.73. The topological polar surface area (TPSA) is 43.6 Å². The van der Waals surface area contributed by atoms with Gasteiger partial charge in [0.15, 0.2) is 5.65 Å². The number of halogens is 1. The van der Waals surface area contributed by atoms with Gasteiger partial charge < -0.3 is 4.57 Å². The van der Waals surface area contributed by atoms with E-state index in [1.165, 1.54) is 0 Å². The van der Waals surface area contributed by atoms with Crippen LogP contribution < -0.4 is 0 Å². The van der Waals surface area contributed by atoms with E-state index in [0.29, 0.717) is 0 Å². The molecule has 62 valence electrons. The average Bonchev–Trinajstić information content (AvgIpc) is 2.49. The van der Waals surface area contributed by atoms with E-state index in [9.17, 15) is 0 Å². The van der Waals surface area contributed by atoms with Crippen LogP contribution >= 0.6 is 22.6 Å². The van der Waals surface area contributed by atoms with Gasteiger partial charge >= 0.3 is 0 Å². The lowest BCUT2D eigenvalue weighted by atomic mass is 10.5. The fourth-order valence-corrected chi connectivity index (χ4v) is 1.58. The molecule has 0 radical (unpaired) electrons. The highest BCUT2D eigenvalue weighted by Gasteiger charge is 2.05. The van der Waals surface area contributed by atoms with Crippen molar-refractivity contribution >= 4 is 33.8 Å². The maximum Gasteiger partial charge on any atom is 0.183 e. The summed E-state index contributed by atoms with van der Waals surface area (Å²) < 4.78 is 3.02. The van der Waals surface area contributed by atoms with E-state index in [2.05, 4.69) is 44.7 Å². The second kappa shape index (κ2) is 2.96. The highest BCUT2D eigenvalue weighted by Crippen LogP contribution is 2.14. The predicted octanol–water partition coefficient (Wildman–Crippen LogP) is 1.45. The van der Waals surface area contributed by atoms with Gasteiger partial charge in [0.1, 0.15) is 5.52 Å². The Morgan fingerprint density at radius 1 is 1.58 bits per heavy atom. The summed E-state index contributed by atoms with van der Waals surface area (Å²) in [6, 6.07) is 0. The van der Waals surface area contributed by atoms with Crippen molar-refractivity contribution in [2.75, 3.05) is 0 Å². The molecule has 12 heavy (non-hydrogen) atoms. The van der Waals surface area contributed by atoms with Gasteiger partial charge in [-0.15, -0.1) is 5.10 Å². The van der Waals surface area contributed by atoms with Crippen molar-refractivity contribution in [1.82, 2.24) is 19.7 Å². The van der Waals surface area contributed by atoms with Crippen molar-refractivity contribution in [2.45, 2.75) is 13.5 Å². The highest BCUT2D eigenvalue weighted by atomic mass is 127. The lowest BCUT2D eigenvalue weighted by Gasteiger charge is -1.95. The quantitative estimate of drug-likeness (QED) is 0.739. The van der Waals surface area contributed by atoms with Gasteiger partial charge in [-0.3, -0.25) is 0 Å². The summed E-state index contributed by atoms with van der Waals surface area (Å²) in [5.74, 6) is 0. The van der Waals surface area contributed by atoms with Crippen molar-refractivity contribution in [3.63, 3.8) is 0 Å². The van der Waals surface area contributed by atoms with Crippen molar-refractivity contribution in [2.24, 2.45) is 0 Å². The summed E-state index contributed by atoms with van der Waals surface area (Å²) >= 11 is 2.21. The molecule has 0 N–H and O–H groups in total. The zero-order valence-electron chi connectivity index (χ0n) is 6.53. The lowest BCUT2D eigenvalue weighted by Crippen LogP contribution is -1.94. The minimum Gasteiger partial charge on any atom is -0.314 e. The van der Waals surface area contributed by atoms with Gasteiger partial charge in [0.2, 0.25) is 0 Å². The Morgan fingerprint density at radius 3 is 3.17 bits per heavy atom. The number of fused-ring (bicyclic) bond motifs is 1. The van der Waals surface area contributed by atoms with Gasteiger partial charge in [-0.1, -0.05) is 0 Å². The first-order valence-electron chi connectivity index (χ1n) is 3.65. The number of rotatable bonds is 1. The molecule has 0 unspecified atom stereocenters. The second-order valence-electron chi connectivity index (χ2n) is 2.40. The van der Waals surface area contributed by atoms with Crippen LogP contribution in [-0.2, 0) is 6.54 Å². The van der Waals surface area contributed by atoms with Gasteiger partial charge in [0.05, 0.1) is 16.1 Å². The molecular formula is C7H7IN4. The van der Waals surface area contributed by atoms with Crippen molar-refractivity contribution < 1.29 is 0 Å². The van der Waals surface area contributed by atoms with E-state index in [4.69, 9.17) is 0 Å². The van der Waals surface area contributed by atoms with Gasteiger partial charge in [-0.25, -0.2) is 4.98 Å². The average molecular weight is 274 g/mol. The van der Waals surface area contributed by atoms with Crippen molar-refractivity contribution in [3.05, 3.63) is 16.1 Å². The molecule has 0 amide bonds. The van der Waals surface area contributed by atoms with E-state index < -0.39 is 0 Å². The molecule has 0 aliphatic rings. The molecule has 0 spiro atoms. The summed E-state index contributed by atoms with van der Waals surface area (Å²) in [6.07, 6.45) is 3.51. The van der Waals surface area contributed by atoms with Gasteiger partial charge in [-0.05, 0) is 29.5 Å². The molecule has 2 aromatic rings. The smallest absolute Gasteiger partial charge is 0.183 e. The maximum atomic E-state index is 4.24. The van der Waals surface area contributed by atoms with Gasteiger partial charge in [0, 0.05) is 6.54 Å². The fourth-order valence-electron chi connectivity index (χ4n) is 1.08. The molecule has 2 rings (SSSR count). The predicted molar refractivity (Wildman–Crippen MR) is 53.7 cm³/mol. The second-order valence-corrected chi connectivity index (χ2v) is 3.56. The molecule has 0 aliphatic heterocycles. The normalized spacial score (nSPS) is 10.8. The molecular weight excluding hydrogens is 267 g/mol. The number of aromatic nitrogens is 4. The van der Waals surface area contributed by atoms with E-state index >= 15 is 0 Å². The maximum absolute atomic E-state index is 4.24. The summed E-state index contributed by atoms with van der Waals surface area (Å²) in [7, 11) is 0. The van der Waals surface area contributed by atoms with Crippen molar-refractivity contribution in [3.8, 4) is 0 Å².